The average molecular weight is 499 g/mol. The highest BCUT2D eigenvalue weighted by Crippen LogP contribution is 2.49. The number of nitrogens with one attached hydrogen (secondary N) is 2. The van der Waals surface area contributed by atoms with Crippen LogP contribution in [0.3, 0.4) is 0 Å². The second-order valence-electron chi connectivity index (χ2n) is 7.48. The van der Waals surface area contributed by atoms with E-state index >= 15 is 0 Å². The van der Waals surface area contributed by atoms with Gasteiger partial charge in [0.05, 0.1) is 39.7 Å². The molecule has 7 nitrogen and oxygen atoms in total. The van der Waals surface area contributed by atoms with Crippen molar-refractivity contribution >= 4 is 39.9 Å². The van der Waals surface area contributed by atoms with Gasteiger partial charge in [0.2, 0.25) is 0 Å². The molecule has 3 aromatic rings. The largest absolute Gasteiger partial charge is 0.508 e. The van der Waals surface area contributed by atoms with Gasteiger partial charge in [-0.15, -0.1) is 0 Å². The number of phenols is 1. The zero-order valence-electron chi connectivity index (χ0n) is 16.8. The summed E-state index contributed by atoms with van der Waals surface area (Å²) in [5.41, 5.74) is -0.569. The van der Waals surface area contributed by atoms with E-state index in [2.05, 4.69) is 20.6 Å². The molecule has 1 aromatic heterocycles. The second kappa shape index (κ2) is 7.74. The molecule has 172 valence electrons. The van der Waals surface area contributed by atoms with Crippen molar-refractivity contribution in [1.29, 1.82) is 0 Å². The van der Waals surface area contributed by atoms with Crippen LogP contribution in [0.25, 0.3) is 22.0 Å². The topological polar surface area (TPSA) is 88.5 Å². The molecule has 12 heteroatoms. The molecule has 0 amide bonds. The first kappa shape index (κ1) is 21.7. The Bertz CT molecular complexity index is 1330. The summed E-state index contributed by atoms with van der Waals surface area (Å²) in [6.45, 7) is 0.616. The molecule has 3 aliphatic rings. The molecule has 1 unspecified atom stereocenters. The summed E-state index contributed by atoms with van der Waals surface area (Å²) in [5.74, 6) is -0.000629. The van der Waals surface area contributed by atoms with Gasteiger partial charge in [0.15, 0.2) is 5.75 Å². The van der Waals surface area contributed by atoms with Crippen LogP contribution in [0.1, 0.15) is 5.56 Å². The molecule has 4 heterocycles. The summed E-state index contributed by atoms with van der Waals surface area (Å²) in [6, 6.07) is 3.21. The molecule has 0 spiro atoms. The third-order valence-electron chi connectivity index (χ3n) is 5.33. The van der Waals surface area contributed by atoms with Gasteiger partial charge in [0.1, 0.15) is 18.2 Å². The van der Waals surface area contributed by atoms with Crippen molar-refractivity contribution in [1.82, 2.24) is 15.3 Å². The van der Waals surface area contributed by atoms with Gasteiger partial charge in [0.25, 0.3) is 0 Å². The fourth-order valence-corrected chi connectivity index (χ4v) is 4.52. The zero-order chi connectivity index (χ0) is 23.5. The Kier molecular flexibility index (Phi) is 5.09. The molecule has 2 bridgehead atoms. The third kappa shape index (κ3) is 3.72. The Morgan fingerprint density at radius 2 is 1.94 bits per heavy atom. The Morgan fingerprint density at radius 1 is 1.18 bits per heavy atom. The van der Waals surface area contributed by atoms with E-state index in [9.17, 15) is 18.3 Å². The van der Waals surface area contributed by atoms with E-state index in [1.54, 1.807) is 0 Å². The number of anilines is 1. The minimum absolute atomic E-state index is 0.00377. The van der Waals surface area contributed by atoms with Gasteiger partial charge in [0, 0.05) is 23.4 Å². The number of aromatic hydroxyl groups is 1. The summed E-state index contributed by atoms with van der Waals surface area (Å²) in [6.07, 6.45) is -2.85. The van der Waals surface area contributed by atoms with Crippen molar-refractivity contribution in [2.24, 2.45) is 0 Å². The molecule has 6 rings (SSSR count). The van der Waals surface area contributed by atoms with Crippen LogP contribution in [0.2, 0.25) is 10.0 Å². The summed E-state index contributed by atoms with van der Waals surface area (Å²) in [7, 11) is 1.38. The molecule has 0 fully saturated rings. The molecular formula is C21H15Cl2F3N4O3. The van der Waals surface area contributed by atoms with Gasteiger partial charge < -0.3 is 25.2 Å². The first-order valence-corrected chi connectivity index (χ1v) is 10.4. The van der Waals surface area contributed by atoms with E-state index in [1.807, 2.05) is 6.08 Å². The van der Waals surface area contributed by atoms with Crippen LogP contribution < -0.4 is 20.1 Å². The van der Waals surface area contributed by atoms with Crippen molar-refractivity contribution in [3.63, 3.8) is 0 Å². The van der Waals surface area contributed by atoms with Crippen LogP contribution in [-0.4, -0.2) is 41.4 Å². The highest BCUT2D eigenvalue weighted by Gasteiger charge is 2.38. The number of rotatable bonds is 2. The van der Waals surface area contributed by atoms with E-state index < -0.39 is 28.1 Å². The van der Waals surface area contributed by atoms with Crippen molar-refractivity contribution in [3.8, 4) is 28.6 Å². The lowest BCUT2D eigenvalue weighted by Crippen LogP contribution is -2.44. The number of alkyl halides is 3. The number of methoxy groups -OCH3 is 1. The van der Waals surface area contributed by atoms with Crippen LogP contribution in [-0.2, 0) is 6.18 Å². The summed E-state index contributed by atoms with van der Waals surface area (Å²) >= 11 is 12.5. The number of phenolic OH excluding ortho intramolecular Hbond substituents is 1. The molecule has 2 aromatic carbocycles. The van der Waals surface area contributed by atoms with Gasteiger partial charge in [-0.05, 0) is 24.3 Å². The van der Waals surface area contributed by atoms with Gasteiger partial charge in [-0.3, -0.25) is 0 Å². The first-order chi connectivity index (χ1) is 15.7. The van der Waals surface area contributed by atoms with Crippen molar-refractivity contribution in [3.05, 3.63) is 45.6 Å². The molecule has 0 saturated carbocycles. The normalized spacial score (nSPS) is 17.3. The molecule has 33 heavy (non-hydrogen) atoms. The lowest BCUT2D eigenvalue weighted by molar-refractivity contribution is -0.137. The maximum Gasteiger partial charge on any atom is 0.418 e. The fraction of sp³-hybridized carbons (Fsp3) is 0.238. The molecule has 3 aliphatic heterocycles. The maximum absolute atomic E-state index is 13.9. The molecule has 3 N–H and O–H groups in total. The minimum atomic E-state index is -4.81. The minimum Gasteiger partial charge on any atom is -0.508 e. The van der Waals surface area contributed by atoms with E-state index in [4.69, 9.17) is 32.7 Å². The molecule has 0 aliphatic carbocycles. The summed E-state index contributed by atoms with van der Waals surface area (Å²) < 4.78 is 52.9. The predicted molar refractivity (Wildman–Crippen MR) is 117 cm³/mol. The van der Waals surface area contributed by atoms with Crippen molar-refractivity contribution < 1.29 is 27.8 Å². The average Bonchev–Trinajstić information content (AvgIpc) is 2.71. The predicted octanol–water partition coefficient (Wildman–Crippen LogP) is 5.00. The molecule has 0 radical (unpaired) electrons. The van der Waals surface area contributed by atoms with Gasteiger partial charge in [-0.2, -0.15) is 23.1 Å². The Balaban J connectivity index is 1.83. The molecule has 0 saturated heterocycles. The summed E-state index contributed by atoms with van der Waals surface area (Å²) in [4.78, 5) is 8.63. The van der Waals surface area contributed by atoms with Crippen LogP contribution in [0.5, 0.6) is 17.5 Å². The smallest absolute Gasteiger partial charge is 0.418 e. The van der Waals surface area contributed by atoms with Crippen LogP contribution in [0.4, 0.5) is 19.0 Å². The molecular weight excluding hydrogens is 484 g/mol. The van der Waals surface area contributed by atoms with E-state index in [0.717, 1.165) is 17.8 Å². The number of fused-ring (bicyclic) bond motifs is 2. The van der Waals surface area contributed by atoms with E-state index in [0.29, 0.717) is 17.7 Å². The Morgan fingerprint density at radius 3 is 2.64 bits per heavy atom. The number of ether oxygens (including phenoxy) is 2. The number of aromatic nitrogens is 2. The quantitative estimate of drug-likeness (QED) is 0.458. The second-order valence-corrected chi connectivity index (χ2v) is 8.27. The van der Waals surface area contributed by atoms with E-state index in [1.165, 1.54) is 13.2 Å². The number of hydrogen-bond donors (Lipinski definition) is 3. The van der Waals surface area contributed by atoms with Crippen LogP contribution >= 0.6 is 23.2 Å². The zero-order valence-corrected chi connectivity index (χ0v) is 18.4. The monoisotopic (exact) mass is 498 g/mol. The lowest BCUT2D eigenvalue weighted by atomic mass is 9.96. The Labute approximate surface area is 195 Å². The standard InChI is InChI=1S/C21H15Cl2F3N4O3/c1-32-20-29-14-5-12(11-3-10(31)4-13(22)16(11)21(24,25)26)17(23)18-15(14)19(30-20)27-6-8-2-9(28-8)7-33-18/h2-5,8,28,31H,6-7H2,1H3,(H,27,29,30). The Hall–Kier alpha value is -3.11. The highest BCUT2D eigenvalue weighted by molar-refractivity contribution is 6.37. The summed E-state index contributed by atoms with van der Waals surface area (Å²) in [5, 5.41) is 16.0. The number of nitrogens with zero attached hydrogens (tertiary/aromatic N) is 2. The fourth-order valence-electron chi connectivity index (χ4n) is 3.89. The van der Waals surface area contributed by atoms with Gasteiger partial charge in [-0.1, -0.05) is 23.2 Å². The van der Waals surface area contributed by atoms with Crippen LogP contribution in [0.15, 0.2) is 30.0 Å². The van der Waals surface area contributed by atoms with Gasteiger partial charge in [-0.25, -0.2) is 0 Å². The van der Waals surface area contributed by atoms with Crippen molar-refractivity contribution in [2.45, 2.75) is 12.2 Å². The number of halogens is 5. The van der Waals surface area contributed by atoms with E-state index in [-0.39, 0.29) is 40.5 Å². The molecule has 1 atom stereocenters. The maximum atomic E-state index is 13.9. The third-order valence-corrected chi connectivity index (χ3v) is 6.00. The SMILES string of the molecule is COc1nc2c3c(c(Cl)c(-c4cc(O)cc(Cl)c4C(F)(F)F)cc3n1)OCC1=CC(CN2)N1. The lowest BCUT2D eigenvalue weighted by Gasteiger charge is -2.31. The highest BCUT2D eigenvalue weighted by atomic mass is 35.5. The van der Waals surface area contributed by atoms with Crippen molar-refractivity contribution in [2.75, 3.05) is 25.6 Å². The van der Waals surface area contributed by atoms with Crippen LogP contribution in [0, 0.1) is 0 Å². The first-order valence-electron chi connectivity index (χ1n) is 9.68. The number of hydrogen-bond acceptors (Lipinski definition) is 7. The van der Waals surface area contributed by atoms with Gasteiger partial charge >= 0.3 is 12.2 Å². The number of benzene rings is 2.